The number of imidazole rings is 1. The van der Waals surface area contributed by atoms with E-state index in [0.29, 0.717) is 12.0 Å². The van der Waals surface area contributed by atoms with Crippen LogP contribution in [0.4, 0.5) is 5.82 Å². The van der Waals surface area contributed by atoms with Crippen LogP contribution < -0.4 is 5.32 Å². The van der Waals surface area contributed by atoms with Crippen LogP contribution in [0.1, 0.15) is 32.7 Å². The lowest BCUT2D eigenvalue weighted by Crippen LogP contribution is -2.15. The molecule has 4 aromatic rings. The smallest absolute Gasteiger partial charge is 0.256 e. The van der Waals surface area contributed by atoms with Gasteiger partial charge in [0.05, 0.1) is 5.69 Å². The van der Waals surface area contributed by atoms with Gasteiger partial charge >= 0.3 is 0 Å². The van der Waals surface area contributed by atoms with Crippen molar-refractivity contribution in [2.24, 2.45) is 0 Å². The lowest BCUT2D eigenvalue weighted by atomic mass is 10.1. The van der Waals surface area contributed by atoms with E-state index in [0.717, 1.165) is 33.8 Å². The van der Waals surface area contributed by atoms with Gasteiger partial charge in [-0.05, 0) is 43.2 Å². The fraction of sp³-hybridized carbons (Fsp3) is 0.130. The summed E-state index contributed by atoms with van der Waals surface area (Å²) in [7, 11) is 0. The molecule has 0 aliphatic rings. The third kappa shape index (κ3) is 3.60. The quantitative estimate of drug-likeness (QED) is 0.572. The minimum Gasteiger partial charge on any atom is -0.306 e. The Kier molecular flexibility index (Phi) is 4.47. The molecule has 2 aromatic carbocycles. The number of nitrogens with zero attached hydrogens (tertiary/aromatic N) is 2. The van der Waals surface area contributed by atoms with Crippen molar-refractivity contribution in [3.8, 4) is 0 Å². The van der Waals surface area contributed by atoms with Crippen LogP contribution in [0.15, 0.2) is 72.9 Å². The Morgan fingerprint density at radius 2 is 1.63 bits per heavy atom. The van der Waals surface area contributed by atoms with Gasteiger partial charge in [-0.15, -0.1) is 0 Å². The molecule has 0 bridgehead atoms. The van der Waals surface area contributed by atoms with E-state index in [1.54, 1.807) is 0 Å². The highest BCUT2D eigenvalue weighted by Crippen LogP contribution is 2.23. The third-order valence-electron chi connectivity index (χ3n) is 4.60. The lowest BCUT2D eigenvalue weighted by Gasteiger charge is -2.09. The average molecular weight is 355 g/mol. The SMILES string of the molecule is Cc1ccc(C(=O)Nc2c(Cc3ccccc3)nc3ccc(C)cn23)cc1. The second-order valence-electron chi connectivity index (χ2n) is 6.82. The summed E-state index contributed by atoms with van der Waals surface area (Å²) in [6.07, 6.45) is 2.66. The molecule has 0 fully saturated rings. The fourth-order valence-corrected chi connectivity index (χ4v) is 3.13. The summed E-state index contributed by atoms with van der Waals surface area (Å²) in [5.41, 5.74) is 5.70. The number of amides is 1. The molecule has 0 atom stereocenters. The fourth-order valence-electron chi connectivity index (χ4n) is 3.13. The molecule has 2 aromatic heterocycles. The van der Waals surface area contributed by atoms with Gasteiger partial charge < -0.3 is 5.32 Å². The number of hydrogen-bond acceptors (Lipinski definition) is 2. The number of carbonyl (C=O) groups is 1. The molecule has 0 saturated carbocycles. The highest BCUT2D eigenvalue weighted by Gasteiger charge is 2.16. The molecule has 0 aliphatic heterocycles. The van der Waals surface area contributed by atoms with Crippen LogP contribution in [-0.4, -0.2) is 15.3 Å². The summed E-state index contributed by atoms with van der Waals surface area (Å²) in [4.78, 5) is 17.6. The topological polar surface area (TPSA) is 46.4 Å². The predicted molar refractivity (Wildman–Crippen MR) is 108 cm³/mol. The predicted octanol–water partition coefficient (Wildman–Crippen LogP) is 4.79. The zero-order valence-electron chi connectivity index (χ0n) is 15.4. The first kappa shape index (κ1) is 17.0. The molecule has 1 amide bonds. The summed E-state index contributed by atoms with van der Waals surface area (Å²) >= 11 is 0. The first-order chi connectivity index (χ1) is 13.1. The number of pyridine rings is 1. The average Bonchev–Trinajstić information content (AvgIpc) is 2.99. The number of aromatic nitrogens is 2. The standard InChI is InChI=1S/C23H21N3O/c1-16-8-11-19(12-9-16)23(27)25-22-20(14-18-6-4-3-5-7-18)24-21-13-10-17(2)15-26(21)22/h3-13,15H,14H2,1-2H3,(H,25,27). The van der Waals surface area contributed by atoms with E-state index >= 15 is 0 Å². The Morgan fingerprint density at radius 1 is 0.926 bits per heavy atom. The Labute approximate surface area is 158 Å². The molecule has 4 nitrogen and oxygen atoms in total. The number of hydrogen-bond donors (Lipinski definition) is 1. The van der Waals surface area contributed by atoms with Crippen LogP contribution in [-0.2, 0) is 6.42 Å². The number of rotatable bonds is 4. The minimum absolute atomic E-state index is 0.132. The van der Waals surface area contributed by atoms with Gasteiger partial charge in [0.15, 0.2) is 0 Å². The van der Waals surface area contributed by atoms with Crippen LogP contribution in [0.3, 0.4) is 0 Å². The van der Waals surface area contributed by atoms with Gasteiger partial charge in [-0.3, -0.25) is 9.20 Å². The van der Waals surface area contributed by atoms with Gasteiger partial charge in [0.25, 0.3) is 5.91 Å². The summed E-state index contributed by atoms with van der Waals surface area (Å²) < 4.78 is 1.96. The van der Waals surface area contributed by atoms with Gasteiger partial charge in [0.2, 0.25) is 0 Å². The van der Waals surface area contributed by atoms with Gasteiger partial charge in [-0.2, -0.15) is 0 Å². The summed E-state index contributed by atoms with van der Waals surface area (Å²) in [6.45, 7) is 4.04. The zero-order valence-corrected chi connectivity index (χ0v) is 15.4. The van der Waals surface area contributed by atoms with Crippen LogP contribution in [0.25, 0.3) is 5.65 Å². The molecule has 0 aliphatic carbocycles. The van der Waals surface area contributed by atoms with Crippen LogP contribution in [0.2, 0.25) is 0 Å². The largest absolute Gasteiger partial charge is 0.306 e. The number of aryl methyl sites for hydroxylation is 2. The van der Waals surface area contributed by atoms with E-state index in [4.69, 9.17) is 4.98 Å². The zero-order chi connectivity index (χ0) is 18.8. The summed E-state index contributed by atoms with van der Waals surface area (Å²) in [5.74, 6) is 0.593. The van der Waals surface area contributed by atoms with Crippen molar-refractivity contribution in [2.75, 3.05) is 5.32 Å². The highest BCUT2D eigenvalue weighted by molar-refractivity contribution is 6.04. The molecular formula is C23H21N3O. The van der Waals surface area contributed by atoms with E-state index < -0.39 is 0 Å². The summed E-state index contributed by atoms with van der Waals surface area (Å²) in [5, 5.41) is 3.08. The number of nitrogens with one attached hydrogen (secondary N) is 1. The molecule has 0 saturated heterocycles. The second-order valence-corrected chi connectivity index (χ2v) is 6.82. The second kappa shape index (κ2) is 7.08. The Balaban J connectivity index is 1.74. The Bertz CT molecular complexity index is 1100. The third-order valence-corrected chi connectivity index (χ3v) is 4.60. The van der Waals surface area contributed by atoms with Gasteiger partial charge in [0, 0.05) is 18.2 Å². The maximum atomic E-state index is 12.8. The van der Waals surface area contributed by atoms with Crippen molar-refractivity contribution in [1.29, 1.82) is 0 Å². The van der Waals surface area contributed by atoms with Crippen LogP contribution in [0.5, 0.6) is 0 Å². The molecule has 4 heteroatoms. The van der Waals surface area contributed by atoms with Crippen molar-refractivity contribution < 1.29 is 4.79 Å². The van der Waals surface area contributed by atoms with E-state index in [2.05, 4.69) is 17.4 Å². The maximum absolute atomic E-state index is 12.8. The van der Waals surface area contributed by atoms with Crippen molar-refractivity contribution in [3.05, 3.63) is 101 Å². The van der Waals surface area contributed by atoms with Crippen molar-refractivity contribution in [2.45, 2.75) is 20.3 Å². The molecule has 0 spiro atoms. The van der Waals surface area contributed by atoms with E-state index in [1.807, 2.05) is 79.0 Å². The first-order valence-corrected chi connectivity index (χ1v) is 9.00. The molecule has 0 unspecified atom stereocenters. The van der Waals surface area contributed by atoms with Crippen molar-refractivity contribution >= 4 is 17.4 Å². The molecular weight excluding hydrogens is 334 g/mol. The van der Waals surface area contributed by atoms with E-state index in [1.165, 1.54) is 0 Å². The Hall–Kier alpha value is -3.40. The summed E-state index contributed by atoms with van der Waals surface area (Å²) in [6, 6.07) is 21.7. The van der Waals surface area contributed by atoms with Crippen molar-refractivity contribution in [1.82, 2.24) is 9.38 Å². The van der Waals surface area contributed by atoms with E-state index in [-0.39, 0.29) is 5.91 Å². The van der Waals surface area contributed by atoms with E-state index in [9.17, 15) is 4.79 Å². The number of benzene rings is 2. The number of carbonyl (C=O) groups excluding carboxylic acids is 1. The van der Waals surface area contributed by atoms with Gasteiger partial charge in [0.1, 0.15) is 11.5 Å². The number of anilines is 1. The molecule has 2 heterocycles. The van der Waals surface area contributed by atoms with Crippen LogP contribution in [0, 0.1) is 13.8 Å². The first-order valence-electron chi connectivity index (χ1n) is 9.00. The lowest BCUT2D eigenvalue weighted by molar-refractivity contribution is 0.102. The van der Waals surface area contributed by atoms with Gasteiger partial charge in [-0.1, -0.05) is 54.1 Å². The molecule has 0 radical (unpaired) electrons. The molecule has 134 valence electrons. The monoisotopic (exact) mass is 355 g/mol. The minimum atomic E-state index is -0.132. The van der Waals surface area contributed by atoms with Crippen LogP contribution >= 0.6 is 0 Å². The molecule has 4 rings (SSSR count). The van der Waals surface area contributed by atoms with Crippen molar-refractivity contribution in [3.63, 3.8) is 0 Å². The highest BCUT2D eigenvalue weighted by atomic mass is 16.1. The maximum Gasteiger partial charge on any atom is 0.256 e. The Morgan fingerprint density at radius 3 is 2.37 bits per heavy atom. The normalized spacial score (nSPS) is 10.9. The molecule has 27 heavy (non-hydrogen) atoms. The number of fused-ring (bicyclic) bond motifs is 1. The van der Waals surface area contributed by atoms with Gasteiger partial charge in [-0.25, -0.2) is 4.98 Å². The molecule has 1 N–H and O–H groups in total.